The zero-order valence-electron chi connectivity index (χ0n) is 13.9. The first kappa shape index (κ1) is 16.8. The molecule has 0 radical (unpaired) electrons. The van der Waals surface area contributed by atoms with E-state index in [0.29, 0.717) is 6.42 Å². The van der Waals surface area contributed by atoms with Gasteiger partial charge in [-0.3, -0.25) is 4.79 Å². The number of hydrogen-bond donors (Lipinski definition) is 1. The zero-order valence-corrected chi connectivity index (χ0v) is 13.9. The summed E-state index contributed by atoms with van der Waals surface area (Å²) in [6, 6.07) is 6.23. The number of amides is 1. The quantitative estimate of drug-likeness (QED) is 0.859. The van der Waals surface area contributed by atoms with Crippen molar-refractivity contribution in [1.29, 1.82) is 0 Å². The summed E-state index contributed by atoms with van der Waals surface area (Å²) in [7, 11) is 3.75. The van der Waals surface area contributed by atoms with Crippen LogP contribution in [0.1, 0.15) is 17.5 Å². The Kier molecular flexibility index (Phi) is 6.21. The Morgan fingerprint density at radius 1 is 1.36 bits per heavy atom. The van der Waals surface area contributed by atoms with Crippen LogP contribution in [-0.4, -0.2) is 62.6 Å². The average molecular weight is 305 g/mol. The minimum absolute atomic E-state index is 0.263. The molecule has 1 amide bonds. The first-order valence-corrected chi connectivity index (χ1v) is 7.90. The fraction of sp³-hybridized carbons (Fsp3) is 0.588. The molecule has 5 nitrogen and oxygen atoms in total. The van der Waals surface area contributed by atoms with E-state index in [0.717, 1.165) is 50.6 Å². The predicted molar refractivity (Wildman–Crippen MR) is 88.1 cm³/mol. The van der Waals surface area contributed by atoms with Gasteiger partial charge in [-0.25, -0.2) is 0 Å². The summed E-state index contributed by atoms with van der Waals surface area (Å²) >= 11 is 0. The second-order valence-electron chi connectivity index (χ2n) is 5.92. The number of methoxy groups -OCH3 is 1. The molecule has 1 N–H and O–H groups in total. The van der Waals surface area contributed by atoms with Crippen molar-refractivity contribution >= 4 is 5.91 Å². The summed E-state index contributed by atoms with van der Waals surface area (Å²) in [6.07, 6.45) is 0.589. The fourth-order valence-electron chi connectivity index (χ4n) is 2.79. The van der Waals surface area contributed by atoms with Gasteiger partial charge in [0, 0.05) is 45.7 Å². The smallest absolute Gasteiger partial charge is 0.223 e. The van der Waals surface area contributed by atoms with E-state index in [4.69, 9.17) is 4.74 Å². The van der Waals surface area contributed by atoms with E-state index < -0.39 is 0 Å². The van der Waals surface area contributed by atoms with Crippen molar-refractivity contribution in [3.05, 3.63) is 29.3 Å². The van der Waals surface area contributed by atoms with Crippen molar-refractivity contribution in [3.63, 3.8) is 0 Å². The third-order valence-electron chi connectivity index (χ3n) is 4.09. The van der Waals surface area contributed by atoms with Crippen molar-refractivity contribution in [2.24, 2.45) is 0 Å². The molecular weight excluding hydrogens is 278 g/mol. The maximum Gasteiger partial charge on any atom is 0.223 e. The molecule has 0 aliphatic carbocycles. The summed E-state index contributed by atoms with van der Waals surface area (Å²) in [4.78, 5) is 16.3. The number of ether oxygens (including phenoxy) is 1. The lowest BCUT2D eigenvalue weighted by Crippen LogP contribution is -2.47. The molecule has 2 rings (SSSR count). The van der Waals surface area contributed by atoms with Crippen LogP contribution in [0, 0.1) is 6.92 Å². The highest BCUT2D eigenvalue weighted by Crippen LogP contribution is 2.19. The SMILES string of the molecule is COc1ccc(CN(C)CCC(=O)N2CCNCC2)cc1C. The third-order valence-corrected chi connectivity index (χ3v) is 4.09. The van der Waals surface area contributed by atoms with Crippen molar-refractivity contribution in [3.8, 4) is 5.75 Å². The number of benzene rings is 1. The van der Waals surface area contributed by atoms with Gasteiger partial charge in [0.25, 0.3) is 0 Å². The van der Waals surface area contributed by atoms with Gasteiger partial charge in [-0.1, -0.05) is 12.1 Å². The molecule has 0 atom stereocenters. The average Bonchev–Trinajstić information content (AvgIpc) is 2.53. The van der Waals surface area contributed by atoms with E-state index in [1.807, 2.05) is 11.0 Å². The topological polar surface area (TPSA) is 44.8 Å². The standard InChI is InChI=1S/C17H27N3O2/c1-14-12-15(4-5-16(14)22-3)13-19(2)9-6-17(21)20-10-7-18-8-11-20/h4-5,12,18H,6-11,13H2,1-3H3. The Labute approximate surface area is 133 Å². The number of aryl methyl sites for hydroxylation is 1. The highest BCUT2D eigenvalue weighted by atomic mass is 16.5. The maximum atomic E-state index is 12.1. The number of carbonyl (C=O) groups is 1. The molecule has 0 bridgehead atoms. The molecule has 0 unspecified atom stereocenters. The monoisotopic (exact) mass is 305 g/mol. The zero-order chi connectivity index (χ0) is 15.9. The van der Waals surface area contributed by atoms with Gasteiger partial charge in [0.15, 0.2) is 0 Å². The first-order chi connectivity index (χ1) is 10.6. The molecule has 0 spiro atoms. The van der Waals surface area contributed by atoms with Crippen LogP contribution < -0.4 is 10.1 Å². The van der Waals surface area contributed by atoms with Crippen LogP contribution in [-0.2, 0) is 11.3 Å². The minimum Gasteiger partial charge on any atom is -0.496 e. The molecule has 1 aliphatic heterocycles. The van der Waals surface area contributed by atoms with Crippen LogP contribution in [0.3, 0.4) is 0 Å². The number of carbonyl (C=O) groups excluding carboxylic acids is 1. The Morgan fingerprint density at radius 3 is 2.73 bits per heavy atom. The van der Waals surface area contributed by atoms with E-state index in [-0.39, 0.29) is 5.91 Å². The summed E-state index contributed by atoms with van der Waals surface area (Å²) < 4.78 is 5.28. The molecule has 122 valence electrons. The highest BCUT2D eigenvalue weighted by molar-refractivity contribution is 5.76. The van der Waals surface area contributed by atoms with Gasteiger partial charge in [-0.15, -0.1) is 0 Å². The van der Waals surface area contributed by atoms with Crippen LogP contribution in [0.5, 0.6) is 5.75 Å². The molecule has 5 heteroatoms. The second-order valence-corrected chi connectivity index (χ2v) is 5.92. The van der Waals surface area contributed by atoms with Gasteiger partial charge in [0.05, 0.1) is 7.11 Å². The first-order valence-electron chi connectivity index (χ1n) is 7.90. The van der Waals surface area contributed by atoms with Crippen LogP contribution in [0.15, 0.2) is 18.2 Å². The van der Waals surface area contributed by atoms with E-state index in [2.05, 4.69) is 36.3 Å². The van der Waals surface area contributed by atoms with Gasteiger partial charge < -0.3 is 19.9 Å². The van der Waals surface area contributed by atoms with Gasteiger partial charge in [0.2, 0.25) is 5.91 Å². The number of piperazine rings is 1. The molecule has 1 heterocycles. The van der Waals surface area contributed by atoms with Crippen molar-refractivity contribution in [1.82, 2.24) is 15.1 Å². The van der Waals surface area contributed by atoms with Gasteiger partial charge in [-0.05, 0) is 31.2 Å². The molecule has 1 aliphatic rings. The molecule has 1 saturated heterocycles. The van der Waals surface area contributed by atoms with Crippen molar-refractivity contribution in [2.75, 3.05) is 46.9 Å². The van der Waals surface area contributed by atoms with Crippen LogP contribution in [0.4, 0.5) is 0 Å². The van der Waals surface area contributed by atoms with E-state index >= 15 is 0 Å². The number of hydrogen-bond acceptors (Lipinski definition) is 4. The Morgan fingerprint density at radius 2 is 2.09 bits per heavy atom. The Hall–Kier alpha value is -1.59. The van der Waals surface area contributed by atoms with Crippen LogP contribution in [0.25, 0.3) is 0 Å². The van der Waals surface area contributed by atoms with Crippen LogP contribution >= 0.6 is 0 Å². The van der Waals surface area contributed by atoms with Gasteiger partial charge in [-0.2, -0.15) is 0 Å². The van der Waals surface area contributed by atoms with E-state index in [1.54, 1.807) is 7.11 Å². The third kappa shape index (κ3) is 4.71. The number of nitrogens with one attached hydrogen (secondary N) is 1. The predicted octanol–water partition coefficient (Wildman–Crippen LogP) is 1.26. The summed E-state index contributed by atoms with van der Waals surface area (Å²) in [5.74, 6) is 1.18. The summed E-state index contributed by atoms with van der Waals surface area (Å²) in [5, 5.41) is 3.27. The normalized spacial score (nSPS) is 15.2. The van der Waals surface area contributed by atoms with Gasteiger partial charge in [0.1, 0.15) is 5.75 Å². The molecule has 22 heavy (non-hydrogen) atoms. The lowest BCUT2D eigenvalue weighted by molar-refractivity contribution is -0.132. The van der Waals surface area contributed by atoms with Crippen LogP contribution in [0.2, 0.25) is 0 Å². The van der Waals surface area contributed by atoms with E-state index in [9.17, 15) is 4.79 Å². The lowest BCUT2D eigenvalue weighted by Gasteiger charge is -2.28. The molecule has 1 aromatic carbocycles. The highest BCUT2D eigenvalue weighted by Gasteiger charge is 2.16. The largest absolute Gasteiger partial charge is 0.496 e. The van der Waals surface area contributed by atoms with E-state index in [1.165, 1.54) is 5.56 Å². The molecular formula is C17H27N3O2. The second kappa shape index (κ2) is 8.15. The number of nitrogens with zero attached hydrogens (tertiary/aromatic N) is 2. The Balaban J connectivity index is 1.78. The minimum atomic E-state index is 0.263. The molecule has 0 aromatic heterocycles. The Bertz CT molecular complexity index is 499. The molecule has 0 saturated carbocycles. The fourth-order valence-corrected chi connectivity index (χ4v) is 2.79. The molecule has 1 fully saturated rings. The number of rotatable bonds is 6. The molecule has 1 aromatic rings. The summed E-state index contributed by atoms with van der Waals surface area (Å²) in [6.45, 7) is 7.17. The van der Waals surface area contributed by atoms with Gasteiger partial charge >= 0.3 is 0 Å². The van der Waals surface area contributed by atoms with Crippen molar-refractivity contribution < 1.29 is 9.53 Å². The maximum absolute atomic E-state index is 12.1. The van der Waals surface area contributed by atoms with Crippen molar-refractivity contribution in [2.45, 2.75) is 19.9 Å². The lowest BCUT2D eigenvalue weighted by atomic mass is 10.1. The summed E-state index contributed by atoms with van der Waals surface area (Å²) in [5.41, 5.74) is 2.39.